The van der Waals surface area contributed by atoms with E-state index in [0.717, 1.165) is 6.42 Å². The molecule has 0 aliphatic carbocycles. The lowest BCUT2D eigenvalue weighted by Gasteiger charge is -2.35. The van der Waals surface area contributed by atoms with Gasteiger partial charge in [-0.15, -0.1) is 0 Å². The molecule has 1 rings (SSSR count). The number of morpholine rings is 1. The third-order valence-corrected chi connectivity index (χ3v) is 2.16. The molecule has 0 aromatic heterocycles. The summed E-state index contributed by atoms with van der Waals surface area (Å²) in [6.45, 7) is 2.48. The maximum absolute atomic E-state index is 10.7. The van der Waals surface area contributed by atoms with E-state index in [9.17, 15) is 4.79 Å². The fraction of sp³-hybridized carbons (Fsp3) is 0.875. The highest BCUT2D eigenvalue weighted by Gasteiger charge is 2.28. The number of carbonyl (C=O) groups is 1. The van der Waals surface area contributed by atoms with Crippen LogP contribution in [-0.2, 0) is 4.74 Å². The van der Waals surface area contributed by atoms with Crippen molar-refractivity contribution in [3.63, 3.8) is 0 Å². The number of nitrogens with zero attached hydrogens (tertiary/aromatic N) is 1. The molecule has 0 radical (unpaired) electrons. The van der Waals surface area contributed by atoms with E-state index in [4.69, 9.17) is 14.9 Å². The van der Waals surface area contributed by atoms with Crippen LogP contribution in [0.3, 0.4) is 0 Å². The number of aliphatic hydroxyl groups is 1. The van der Waals surface area contributed by atoms with Crippen LogP contribution in [0.25, 0.3) is 0 Å². The molecule has 1 saturated heterocycles. The fourth-order valence-corrected chi connectivity index (χ4v) is 1.41. The zero-order valence-electron chi connectivity index (χ0n) is 7.64. The second-order valence-electron chi connectivity index (χ2n) is 3.16. The second-order valence-corrected chi connectivity index (χ2v) is 3.16. The molecule has 0 aromatic rings. The average Bonchev–Trinajstić information content (AvgIpc) is 2.16. The summed E-state index contributed by atoms with van der Waals surface area (Å²) in [5.74, 6) is 0. The molecular weight excluding hydrogens is 174 g/mol. The number of amides is 1. The van der Waals surface area contributed by atoms with Crippen molar-refractivity contribution >= 4 is 6.09 Å². The maximum Gasteiger partial charge on any atom is 0.407 e. The van der Waals surface area contributed by atoms with E-state index >= 15 is 0 Å². The summed E-state index contributed by atoms with van der Waals surface area (Å²) in [5.41, 5.74) is 0. The van der Waals surface area contributed by atoms with Crippen LogP contribution >= 0.6 is 0 Å². The first-order valence-electron chi connectivity index (χ1n) is 4.41. The first-order valence-corrected chi connectivity index (χ1v) is 4.41. The van der Waals surface area contributed by atoms with Crippen LogP contribution < -0.4 is 0 Å². The third kappa shape index (κ3) is 2.57. The number of hydrogen-bond donors (Lipinski definition) is 2. The molecule has 1 aliphatic heterocycles. The van der Waals surface area contributed by atoms with Crippen LogP contribution in [0.1, 0.15) is 13.3 Å². The number of aliphatic hydroxyl groups excluding tert-OH is 1. The minimum atomic E-state index is -0.944. The van der Waals surface area contributed by atoms with Crippen LogP contribution in [-0.4, -0.2) is 53.1 Å². The minimum Gasteiger partial charge on any atom is -0.465 e. The van der Waals surface area contributed by atoms with Gasteiger partial charge in [0.2, 0.25) is 0 Å². The third-order valence-electron chi connectivity index (χ3n) is 2.16. The quantitative estimate of drug-likeness (QED) is 0.648. The van der Waals surface area contributed by atoms with Crippen molar-refractivity contribution in [3.8, 4) is 0 Å². The van der Waals surface area contributed by atoms with Crippen molar-refractivity contribution in [2.24, 2.45) is 0 Å². The largest absolute Gasteiger partial charge is 0.465 e. The molecule has 2 N–H and O–H groups in total. The molecule has 1 fully saturated rings. The lowest BCUT2D eigenvalue weighted by molar-refractivity contribution is -0.0959. The van der Waals surface area contributed by atoms with Gasteiger partial charge in [-0.25, -0.2) is 4.79 Å². The van der Waals surface area contributed by atoms with E-state index in [-0.39, 0.29) is 25.4 Å². The van der Waals surface area contributed by atoms with Crippen LogP contribution in [0.4, 0.5) is 4.79 Å². The van der Waals surface area contributed by atoms with Gasteiger partial charge in [0.05, 0.1) is 31.9 Å². The fourth-order valence-electron chi connectivity index (χ4n) is 1.41. The summed E-state index contributed by atoms with van der Waals surface area (Å²) in [6.07, 6.45) is -0.627. The van der Waals surface area contributed by atoms with Gasteiger partial charge in [0.25, 0.3) is 0 Å². The minimum absolute atomic E-state index is 0.0815. The molecule has 0 aromatic carbocycles. The molecule has 13 heavy (non-hydrogen) atoms. The first-order chi connectivity index (χ1) is 6.17. The summed E-state index contributed by atoms with van der Waals surface area (Å²) in [6, 6.07) is 0. The second kappa shape index (κ2) is 4.43. The summed E-state index contributed by atoms with van der Waals surface area (Å²) >= 11 is 0. The molecule has 5 nitrogen and oxygen atoms in total. The summed E-state index contributed by atoms with van der Waals surface area (Å²) in [5, 5.41) is 17.6. The molecule has 0 unspecified atom stereocenters. The maximum atomic E-state index is 10.7. The van der Waals surface area contributed by atoms with Gasteiger partial charge in [0.15, 0.2) is 0 Å². The predicted octanol–water partition coefficient (Wildman–Crippen LogP) is 0.136. The highest BCUT2D eigenvalue weighted by atomic mass is 16.5. The highest BCUT2D eigenvalue weighted by molar-refractivity contribution is 5.65. The summed E-state index contributed by atoms with van der Waals surface area (Å²) in [7, 11) is 0. The van der Waals surface area contributed by atoms with Gasteiger partial charge in [-0.1, -0.05) is 6.92 Å². The molecular formula is C8H15NO4. The Balaban J connectivity index is 2.54. The molecule has 2 atom stereocenters. The van der Waals surface area contributed by atoms with Crippen molar-refractivity contribution in [2.45, 2.75) is 25.6 Å². The van der Waals surface area contributed by atoms with E-state index in [1.54, 1.807) is 0 Å². The smallest absolute Gasteiger partial charge is 0.407 e. The standard InChI is InChI=1S/C8H15NO4/c1-2-6-3-9(8(11)12)4-7(5-10)13-6/h6-7,10H,2-5H2,1H3,(H,11,12)/t6-,7-/m0/s1. The van der Waals surface area contributed by atoms with Crippen LogP contribution in [0.5, 0.6) is 0 Å². The Labute approximate surface area is 76.9 Å². The monoisotopic (exact) mass is 189 g/mol. The number of rotatable bonds is 2. The van der Waals surface area contributed by atoms with Gasteiger partial charge in [0.1, 0.15) is 0 Å². The molecule has 5 heteroatoms. The van der Waals surface area contributed by atoms with E-state index in [2.05, 4.69) is 0 Å². The normalized spacial score (nSPS) is 28.9. The molecule has 0 spiro atoms. The highest BCUT2D eigenvalue weighted by Crippen LogP contribution is 2.13. The van der Waals surface area contributed by atoms with Gasteiger partial charge < -0.3 is 19.8 Å². The van der Waals surface area contributed by atoms with Crippen molar-refractivity contribution < 1.29 is 19.7 Å². The molecule has 0 bridgehead atoms. The molecule has 1 amide bonds. The lowest BCUT2D eigenvalue weighted by Crippen LogP contribution is -2.50. The van der Waals surface area contributed by atoms with Gasteiger partial charge in [-0.05, 0) is 6.42 Å². The summed E-state index contributed by atoms with van der Waals surface area (Å²) < 4.78 is 5.41. The topological polar surface area (TPSA) is 70.0 Å². The van der Waals surface area contributed by atoms with Crippen molar-refractivity contribution in [3.05, 3.63) is 0 Å². The Kier molecular flexibility index (Phi) is 3.50. The van der Waals surface area contributed by atoms with E-state index < -0.39 is 6.09 Å². The SMILES string of the molecule is CC[C@H]1CN(C(=O)O)C[C@@H](CO)O1. The lowest BCUT2D eigenvalue weighted by atomic mass is 10.2. The molecule has 0 saturated carbocycles. The Morgan fingerprint density at radius 3 is 2.62 bits per heavy atom. The van der Waals surface area contributed by atoms with Crippen molar-refractivity contribution in [1.29, 1.82) is 0 Å². The zero-order valence-corrected chi connectivity index (χ0v) is 7.64. The number of hydrogen-bond acceptors (Lipinski definition) is 3. The Bertz CT molecular complexity index is 173. The van der Waals surface area contributed by atoms with Gasteiger partial charge >= 0.3 is 6.09 Å². The number of ether oxygens (including phenoxy) is 1. The van der Waals surface area contributed by atoms with Gasteiger partial charge in [0, 0.05) is 0 Å². The predicted molar refractivity (Wildman–Crippen MR) is 45.6 cm³/mol. The van der Waals surface area contributed by atoms with Crippen LogP contribution in [0.15, 0.2) is 0 Å². The zero-order chi connectivity index (χ0) is 9.84. The number of carboxylic acid groups (broad SMARTS) is 1. The van der Waals surface area contributed by atoms with Crippen LogP contribution in [0, 0.1) is 0 Å². The van der Waals surface area contributed by atoms with E-state index in [0.29, 0.717) is 6.54 Å². The van der Waals surface area contributed by atoms with Gasteiger partial charge in [-0.3, -0.25) is 0 Å². The van der Waals surface area contributed by atoms with E-state index in [1.165, 1.54) is 4.90 Å². The van der Waals surface area contributed by atoms with E-state index in [1.807, 2.05) is 6.92 Å². The van der Waals surface area contributed by atoms with Crippen molar-refractivity contribution in [2.75, 3.05) is 19.7 Å². The average molecular weight is 189 g/mol. The van der Waals surface area contributed by atoms with Crippen LogP contribution in [0.2, 0.25) is 0 Å². The van der Waals surface area contributed by atoms with Gasteiger partial charge in [-0.2, -0.15) is 0 Å². The Hall–Kier alpha value is -0.810. The Morgan fingerprint density at radius 2 is 2.15 bits per heavy atom. The molecule has 76 valence electrons. The molecule has 1 heterocycles. The summed E-state index contributed by atoms with van der Waals surface area (Å²) in [4.78, 5) is 12.0. The Morgan fingerprint density at radius 1 is 1.54 bits per heavy atom. The molecule has 1 aliphatic rings. The van der Waals surface area contributed by atoms with Crippen molar-refractivity contribution in [1.82, 2.24) is 4.90 Å². The first kappa shape index (κ1) is 10.3.